The molecule has 112 valence electrons. The van der Waals surface area contributed by atoms with Crippen molar-refractivity contribution in [2.75, 3.05) is 12.4 Å². The lowest BCUT2D eigenvalue weighted by Crippen LogP contribution is -1.97. The Kier molecular flexibility index (Phi) is 7.02. The van der Waals surface area contributed by atoms with Crippen molar-refractivity contribution in [3.05, 3.63) is 54.6 Å². The van der Waals surface area contributed by atoms with Crippen LogP contribution in [-0.2, 0) is 0 Å². The van der Waals surface area contributed by atoms with Crippen molar-refractivity contribution >= 4 is 12.6 Å². The monoisotopic (exact) mass is 302 g/mol. The fourth-order valence-electron chi connectivity index (χ4n) is 2.01. The van der Waals surface area contributed by atoms with Gasteiger partial charge in [-0.2, -0.15) is 12.6 Å². The summed E-state index contributed by atoms with van der Waals surface area (Å²) < 4.78 is 11.6. The molecule has 0 saturated carbocycles. The van der Waals surface area contributed by atoms with Crippen LogP contribution in [-0.4, -0.2) is 12.4 Å². The number of para-hydroxylation sites is 1. The zero-order chi connectivity index (χ0) is 14.8. The van der Waals surface area contributed by atoms with Gasteiger partial charge in [0.2, 0.25) is 0 Å². The first-order valence-corrected chi connectivity index (χ1v) is 8.08. The van der Waals surface area contributed by atoms with E-state index < -0.39 is 0 Å². The first-order valence-electron chi connectivity index (χ1n) is 7.45. The number of thiol groups is 1. The fraction of sp³-hybridized carbons (Fsp3) is 0.333. The van der Waals surface area contributed by atoms with Crippen molar-refractivity contribution < 1.29 is 9.47 Å². The summed E-state index contributed by atoms with van der Waals surface area (Å²) in [7, 11) is 0. The second-order valence-corrected chi connectivity index (χ2v) is 5.32. The van der Waals surface area contributed by atoms with Crippen molar-refractivity contribution in [1.29, 1.82) is 0 Å². The maximum absolute atomic E-state index is 5.79. The fourth-order valence-corrected chi connectivity index (χ4v) is 2.23. The number of benzene rings is 2. The molecule has 2 rings (SSSR count). The molecule has 0 saturated heterocycles. The average Bonchev–Trinajstić information content (AvgIpc) is 2.52. The van der Waals surface area contributed by atoms with Gasteiger partial charge in [-0.15, -0.1) is 0 Å². The van der Waals surface area contributed by atoms with E-state index in [4.69, 9.17) is 9.47 Å². The minimum Gasteiger partial charge on any atom is -0.493 e. The quantitative estimate of drug-likeness (QED) is 0.497. The van der Waals surface area contributed by atoms with Crippen LogP contribution in [0.5, 0.6) is 17.2 Å². The molecular weight excluding hydrogens is 280 g/mol. The molecule has 0 spiro atoms. The lowest BCUT2D eigenvalue weighted by atomic mass is 10.2. The van der Waals surface area contributed by atoms with Crippen molar-refractivity contribution in [2.24, 2.45) is 0 Å². The highest BCUT2D eigenvalue weighted by Gasteiger charge is 1.99. The van der Waals surface area contributed by atoms with Crippen LogP contribution in [0.1, 0.15) is 25.7 Å². The molecule has 0 N–H and O–H groups in total. The summed E-state index contributed by atoms with van der Waals surface area (Å²) in [6.45, 7) is 0.751. The van der Waals surface area contributed by atoms with Gasteiger partial charge in [-0.3, -0.25) is 0 Å². The summed E-state index contributed by atoms with van der Waals surface area (Å²) >= 11 is 4.21. The van der Waals surface area contributed by atoms with E-state index >= 15 is 0 Å². The second kappa shape index (κ2) is 9.35. The van der Waals surface area contributed by atoms with E-state index in [-0.39, 0.29) is 0 Å². The summed E-state index contributed by atoms with van der Waals surface area (Å²) in [5.41, 5.74) is 0. The molecule has 0 aliphatic rings. The number of unbranched alkanes of at least 4 members (excludes halogenated alkanes) is 3. The topological polar surface area (TPSA) is 18.5 Å². The molecule has 0 unspecified atom stereocenters. The van der Waals surface area contributed by atoms with Crippen LogP contribution in [0.3, 0.4) is 0 Å². The first kappa shape index (κ1) is 15.8. The molecule has 0 heterocycles. The summed E-state index contributed by atoms with van der Waals surface area (Å²) in [5, 5.41) is 0. The molecule has 2 aromatic carbocycles. The van der Waals surface area contributed by atoms with E-state index in [1.54, 1.807) is 0 Å². The van der Waals surface area contributed by atoms with Gasteiger partial charge >= 0.3 is 0 Å². The van der Waals surface area contributed by atoms with Crippen LogP contribution in [0.15, 0.2) is 54.6 Å². The molecule has 0 atom stereocenters. The van der Waals surface area contributed by atoms with Gasteiger partial charge in [0.1, 0.15) is 17.2 Å². The van der Waals surface area contributed by atoms with Crippen LogP contribution < -0.4 is 9.47 Å². The smallest absolute Gasteiger partial charge is 0.131 e. The molecule has 2 aromatic rings. The molecule has 0 fully saturated rings. The molecule has 3 heteroatoms. The van der Waals surface area contributed by atoms with Gasteiger partial charge in [-0.25, -0.2) is 0 Å². The Hall–Kier alpha value is -1.61. The summed E-state index contributed by atoms with van der Waals surface area (Å²) in [5.74, 6) is 3.47. The third-order valence-electron chi connectivity index (χ3n) is 3.11. The molecular formula is C18H22O2S. The van der Waals surface area contributed by atoms with Gasteiger partial charge in [0.25, 0.3) is 0 Å². The molecule has 0 radical (unpaired) electrons. The van der Waals surface area contributed by atoms with Crippen LogP contribution >= 0.6 is 12.6 Å². The second-order valence-electron chi connectivity index (χ2n) is 4.88. The Bertz CT molecular complexity index is 514. The first-order chi connectivity index (χ1) is 10.4. The normalized spacial score (nSPS) is 10.3. The van der Waals surface area contributed by atoms with E-state index in [1.165, 1.54) is 19.3 Å². The zero-order valence-corrected chi connectivity index (χ0v) is 13.1. The number of rotatable bonds is 9. The Morgan fingerprint density at radius 3 is 2.24 bits per heavy atom. The maximum Gasteiger partial charge on any atom is 0.131 e. The SMILES string of the molecule is SCCCCCCOc1cccc(Oc2ccccc2)c1. The molecule has 0 aliphatic carbocycles. The van der Waals surface area contributed by atoms with Gasteiger partial charge in [0, 0.05) is 6.07 Å². The van der Waals surface area contributed by atoms with E-state index in [9.17, 15) is 0 Å². The van der Waals surface area contributed by atoms with E-state index in [2.05, 4.69) is 12.6 Å². The van der Waals surface area contributed by atoms with Gasteiger partial charge in [-0.05, 0) is 42.9 Å². The third kappa shape index (κ3) is 6.13. The predicted octanol–water partition coefficient (Wildman–Crippen LogP) is 5.35. The Labute approximate surface area is 132 Å². The van der Waals surface area contributed by atoms with Crippen molar-refractivity contribution in [2.45, 2.75) is 25.7 Å². The van der Waals surface area contributed by atoms with Crippen molar-refractivity contribution in [3.8, 4) is 17.2 Å². The summed E-state index contributed by atoms with van der Waals surface area (Å²) in [4.78, 5) is 0. The van der Waals surface area contributed by atoms with Crippen LogP contribution in [0.4, 0.5) is 0 Å². The summed E-state index contributed by atoms with van der Waals surface area (Å²) in [6, 6.07) is 17.6. The lowest BCUT2D eigenvalue weighted by molar-refractivity contribution is 0.304. The largest absolute Gasteiger partial charge is 0.493 e. The highest BCUT2D eigenvalue weighted by molar-refractivity contribution is 7.80. The highest BCUT2D eigenvalue weighted by atomic mass is 32.1. The minimum absolute atomic E-state index is 0.751. The molecule has 0 amide bonds. The van der Waals surface area contributed by atoms with E-state index in [1.807, 2.05) is 54.6 Å². The van der Waals surface area contributed by atoms with Gasteiger partial charge in [0.05, 0.1) is 6.61 Å². The third-order valence-corrected chi connectivity index (χ3v) is 3.42. The van der Waals surface area contributed by atoms with Gasteiger partial charge < -0.3 is 9.47 Å². The van der Waals surface area contributed by atoms with Gasteiger partial charge in [-0.1, -0.05) is 37.1 Å². The minimum atomic E-state index is 0.751. The Morgan fingerprint density at radius 2 is 1.43 bits per heavy atom. The molecule has 0 aromatic heterocycles. The highest BCUT2D eigenvalue weighted by Crippen LogP contribution is 2.25. The number of ether oxygens (including phenoxy) is 2. The maximum atomic E-state index is 5.79. The molecule has 2 nitrogen and oxygen atoms in total. The number of hydrogen-bond acceptors (Lipinski definition) is 3. The average molecular weight is 302 g/mol. The van der Waals surface area contributed by atoms with Crippen LogP contribution in [0.2, 0.25) is 0 Å². The van der Waals surface area contributed by atoms with Crippen LogP contribution in [0.25, 0.3) is 0 Å². The molecule has 0 bridgehead atoms. The Balaban J connectivity index is 1.78. The molecule has 0 aliphatic heterocycles. The number of hydrogen-bond donors (Lipinski definition) is 1. The zero-order valence-electron chi connectivity index (χ0n) is 12.2. The lowest BCUT2D eigenvalue weighted by Gasteiger charge is -2.09. The van der Waals surface area contributed by atoms with E-state index in [0.29, 0.717) is 0 Å². The predicted molar refractivity (Wildman–Crippen MR) is 90.8 cm³/mol. The van der Waals surface area contributed by atoms with Crippen LogP contribution in [0, 0.1) is 0 Å². The summed E-state index contributed by atoms with van der Waals surface area (Å²) in [6.07, 6.45) is 4.69. The molecule has 21 heavy (non-hydrogen) atoms. The Morgan fingerprint density at radius 1 is 0.714 bits per heavy atom. The standard InChI is InChI=1S/C18H22O2S/c21-14-7-2-1-6-13-19-17-11-8-12-18(15-17)20-16-9-4-3-5-10-16/h3-5,8-12,15,21H,1-2,6-7,13-14H2. The van der Waals surface area contributed by atoms with Crippen molar-refractivity contribution in [1.82, 2.24) is 0 Å². The van der Waals surface area contributed by atoms with Gasteiger partial charge in [0.15, 0.2) is 0 Å². The van der Waals surface area contributed by atoms with Crippen molar-refractivity contribution in [3.63, 3.8) is 0 Å². The van der Waals surface area contributed by atoms with E-state index in [0.717, 1.165) is 36.0 Å².